The van der Waals surface area contributed by atoms with Gasteiger partial charge in [-0.15, -0.1) is 0 Å². The van der Waals surface area contributed by atoms with Crippen molar-refractivity contribution in [3.05, 3.63) is 12.1 Å². The smallest absolute Gasteiger partial charge is 0.356 e. The number of carbonyl (C=O) groups is 2. The largest absolute Gasteiger partial charge is 0.493 e. The Morgan fingerprint density at radius 2 is 1.83 bits per heavy atom. The van der Waals surface area contributed by atoms with E-state index in [0.29, 0.717) is 28.6 Å². The molecule has 1 aromatic carbocycles. The topological polar surface area (TPSA) is 114 Å². The Morgan fingerprint density at radius 3 is 2.38 bits per heavy atom. The maximum atomic E-state index is 12.1. The number of hydrazone groups is 1. The number of benzene rings is 1. The van der Waals surface area contributed by atoms with Gasteiger partial charge in [0.05, 0.1) is 39.3 Å². The van der Waals surface area contributed by atoms with Gasteiger partial charge in [-0.05, 0) is 6.92 Å². The van der Waals surface area contributed by atoms with E-state index in [1.165, 1.54) is 21.3 Å². The fourth-order valence-electron chi connectivity index (χ4n) is 2.06. The Bertz CT molecular complexity index is 651. The van der Waals surface area contributed by atoms with Gasteiger partial charge in [0.1, 0.15) is 0 Å². The van der Waals surface area contributed by atoms with E-state index in [1.807, 2.05) is 0 Å². The summed E-state index contributed by atoms with van der Waals surface area (Å²) in [6.45, 7) is 1.92. The lowest BCUT2D eigenvalue weighted by Gasteiger charge is -2.25. The molecule has 1 aliphatic heterocycles. The van der Waals surface area contributed by atoms with E-state index in [9.17, 15) is 9.59 Å². The second-order valence-corrected chi connectivity index (χ2v) is 4.83. The Labute approximate surface area is 138 Å². The molecule has 24 heavy (non-hydrogen) atoms. The molecule has 0 atom stereocenters. The van der Waals surface area contributed by atoms with Crippen LogP contribution < -0.4 is 30.4 Å². The van der Waals surface area contributed by atoms with Crippen LogP contribution in [-0.2, 0) is 0 Å². The number of hydrogen-bond acceptors (Lipinski definition) is 6. The van der Waals surface area contributed by atoms with Crippen LogP contribution in [0.2, 0.25) is 0 Å². The normalized spacial score (nSPS) is 13.6. The summed E-state index contributed by atoms with van der Waals surface area (Å²) in [6.07, 6.45) is 0. The van der Waals surface area contributed by atoms with Crippen LogP contribution in [0.5, 0.6) is 17.2 Å². The van der Waals surface area contributed by atoms with Crippen LogP contribution in [0.1, 0.15) is 6.92 Å². The molecule has 10 nitrogen and oxygen atoms in total. The van der Waals surface area contributed by atoms with E-state index in [-0.39, 0.29) is 6.54 Å². The Hall–Kier alpha value is -3.17. The van der Waals surface area contributed by atoms with Gasteiger partial charge < -0.3 is 19.5 Å². The van der Waals surface area contributed by atoms with E-state index in [0.717, 1.165) is 5.01 Å². The Kier molecular flexibility index (Phi) is 5.30. The van der Waals surface area contributed by atoms with Gasteiger partial charge in [0, 0.05) is 12.1 Å². The van der Waals surface area contributed by atoms with Gasteiger partial charge in [0.25, 0.3) is 0 Å². The molecule has 2 rings (SSSR count). The molecule has 3 N–H and O–H groups in total. The zero-order valence-electron chi connectivity index (χ0n) is 13.8. The molecule has 0 spiro atoms. The summed E-state index contributed by atoms with van der Waals surface area (Å²) in [5.74, 6) is 1.20. The Balaban J connectivity index is 2.11. The molecule has 0 bridgehead atoms. The summed E-state index contributed by atoms with van der Waals surface area (Å²) in [5.41, 5.74) is 5.77. The van der Waals surface area contributed by atoms with Crippen molar-refractivity contribution in [1.29, 1.82) is 0 Å². The minimum Gasteiger partial charge on any atom is -0.493 e. The number of nitrogens with zero attached hydrogens (tertiary/aromatic N) is 2. The van der Waals surface area contributed by atoms with Crippen molar-refractivity contribution in [2.24, 2.45) is 5.10 Å². The molecule has 0 aliphatic carbocycles. The second kappa shape index (κ2) is 7.40. The first kappa shape index (κ1) is 17.2. The molecule has 130 valence electrons. The number of carbonyl (C=O) groups excluding carboxylic acids is 2. The van der Waals surface area contributed by atoms with Gasteiger partial charge in [-0.2, -0.15) is 5.10 Å². The van der Waals surface area contributed by atoms with E-state index in [1.54, 1.807) is 19.1 Å². The fourth-order valence-corrected chi connectivity index (χ4v) is 2.06. The number of urea groups is 2. The predicted molar refractivity (Wildman–Crippen MR) is 86.6 cm³/mol. The molecular formula is C14H19N5O5. The molecule has 4 amide bonds. The third kappa shape index (κ3) is 3.77. The first-order chi connectivity index (χ1) is 11.5. The maximum absolute atomic E-state index is 12.1. The van der Waals surface area contributed by atoms with Crippen LogP contribution in [0.4, 0.5) is 15.3 Å². The summed E-state index contributed by atoms with van der Waals surface area (Å²) in [5, 5.41) is 7.48. The average Bonchev–Trinajstić information content (AvgIpc) is 2.57. The summed E-state index contributed by atoms with van der Waals surface area (Å²) >= 11 is 0. The van der Waals surface area contributed by atoms with Gasteiger partial charge in [0.15, 0.2) is 11.5 Å². The van der Waals surface area contributed by atoms with Gasteiger partial charge in [-0.25, -0.2) is 25.4 Å². The number of ether oxygens (including phenoxy) is 3. The van der Waals surface area contributed by atoms with E-state index >= 15 is 0 Å². The highest BCUT2D eigenvalue weighted by molar-refractivity contribution is 5.95. The highest BCUT2D eigenvalue weighted by Crippen LogP contribution is 2.39. The first-order valence-corrected chi connectivity index (χ1v) is 6.96. The van der Waals surface area contributed by atoms with Crippen molar-refractivity contribution in [3.63, 3.8) is 0 Å². The first-order valence-electron chi connectivity index (χ1n) is 6.96. The fraction of sp³-hybridized carbons (Fsp3) is 0.357. The lowest BCUT2D eigenvalue weighted by molar-refractivity contribution is 0.177. The number of hydrogen-bond donors (Lipinski definition) is 3. The second-order valence-electron chi connectivity index (χ2n) is 4.83. The summed E-state index contributed by atoms with van der Waals surface area (Å²) < 4.78 is 15.6. The van der Waals surface area contributed by atoms with Crippen LogP contribution >= 0.6 is 0 Å². The molecule has 1 aliphatic rings. The van der Waals surface area contributed by atoms with E-state index < -0.39 is 12.1 Å². The van der Waals surface area contributed by atoms with Crippen LogP contribution in [0, 0.1) is 0 Å². The highest BCUT2D eigenvalue weighted by atomic mass is 16.5. The SMILES string of the molecule is COc1cc(NC(=O)NN2CC(C)=NNC2=O)cc(OC)c1OC. The standard InChI is InChI=1S/C14H19N5O5/c1-8-7-19(14(21)17-16-8)18-13(20)15-9-5-10(22-2)12(24-4)11(6-9)23-3/h5-6H,7H2,1-4H3,(H,17,21)(H2,15,18,20). The molecule has 0 radical (unpaired) electrons. The van der Waals surface area contributed by atoms with Gasteiger partial charge in [0.2, 0.25) is 5.75 Å². The van der Waals surface area contributed by atoms with Crippen LogP contribution in [0.15, 0.2) is 17.2 Å². The molecule has 0 saturated heterocycles. The number of amides is 4. The van der Waals surface area contributed by atoms with E-state index in [4.69, 9.17) is 14.2 Å². The summed E-state index contributed by atoms with van der Waals surface area (Å²) in [6, 6.07) is 2.02. The summed E-state index contributed by atoms with van der Waals surface area (Å²) in [4.78, 5) is 23.7. The molecule has 0 saturated carbocycles. The van der Waals surface area contributed by atoms with Crippen molar-refractivity contribution in [2.75, 3.05) is 33.2 Å². The van der Waals surface area contributed by atoms with Crippen LogP contribution in [-0.4, -0.2) is 50.7 Å². The molecule has 0 aromatic heterocycles. The lowest BCUT2D eigenvalue weighted by atomic mass is 10.2. The number of hydrazine groups is 1. The molecule has 10 heteroatoms. The highest BCUT2D eigenvalue weighted by Gasteiger charge is 2.21. The summed E-state index contributed by atoms with van der Waals surface area (Å²) in [7, 11) is 4.43. The Morgan fingerprint density at radius 1 is 1.21 bits per heavy atom. The lowest BCUT2D eigenvalue weighted by Crippen LogP contribution is -2.55. The van der Waals surface area contributed by atoms with Crippen molar-refractivity contribution in [3.8, 4) is 17.2 Å². The molecule has 0 fully saturated rings. The van der Waals surface area contributed by atoms with Gasteiger partial charge in [-0.3, -0.25) is 0 Å². The predicted octanol–water partition coefficient (Wildman–Crippen LogP) is 1.15. The number of anilines is 1. The number of methoxy groups -OCH3 is 3. The van der Waals surface area contributed by atoms with Gasteiger partial charge >= 0.3 is 12.1 Å². The molecule has 0 unspecified atom stereocenters. The van der Waals surface area contributed by atoms with Gasteiger partial charge in [-0.1, -0.05) is 0 Å². The minimum absolute atomic E-state index is 0.189. The zero-order valence-corrected chi connectivity index (χ0v) is 13.8. The number of rotatable bonds is 5. The third-order valence-electron chi connectivity index (χ3n) is 3.13. The zero-order chi connectivity index (χ0) is 17.7. The van der Waals surface area contributed by atoms with Crippen LogP contribution in [0.3, 0.4) is 0 Å². The quantitative estimate of drug-likeness (QED) is 0.746. The molecular weight excluding hydrogens is 318 g/mol. The van der Waals surface area contributed by atoms with Crippen molar-refractivity contribution >= 4 is 23.5 Å². The van der Waals surface area contributed by atoms with E-state index in [2.05, 4.69) is 21.3 Å². The van der Waals surface area contributed by atoms with Crippen LogP contribution in [0.25, 0.3) is 0 Å². The average molecular weight is 337 g/mol. The monoisotopic (exact) mass is 337 g/mol. The minimum atomic E-state index is -0.603. The molecule has 1 aromatic rings. The van der Waals surface area contributed by atoms with Crippen molar-refractivity contribution in [1.82, 2.24) is 15.9 Å². The maximum Gasteiger partial charge on any atom is 0.356 e. The van der Waals surface area contributed by atoms with Crippen molar-refractivity contribution in [2.45, 2.75) is 6.92 Å². The molecule has 1 heterocycles. The third-order valence-corrected chi connectivity index (χ3v) is 3.13. The van der Waals surface area contributed by atoms with Crippen molar-refractivity contribution < 1.29 is 23.8 Å². The number of nitrogens with one attached hydrogen (secondary N) is 3.